The fraction of sp³-hybridized carbons (Fsp3) is 0.875. The fourth-order valence-corrected chi connectivity index (χ4v) is 1.43. The van der Waals surface area contributed by atoms with Crippen LogP contribution in [0, 0.1) is 11.3 Å². The Morgan fingerprint density at radius 1 is 1.55 bits per heavy atom. The summed E-state index contributed by atoms with van der Waals surface area (Å²) in [5, 5.41) is 11.7. The van der Waals surface area contributed by atoms with Crippen molar-refractivity contribution in [2.24, 2.45) is 0 Å². The van der Waals surface area contributed by atoms with E-state index in [1.807, 2.05) is 18.7 Å². The maximum absolute atomic E-state index is 8.49. The molecule has 0 aliphatic carbocycles. The smallest absolute Gasteiger partial charge is 0.0926 e. The van der Waals surface area contributed by atoms with Crippen LogP contribution < -0.4 is 5.32 Å². The van der Waals surface area contributed by atoms with E-state index in [4.69, 9.17) is 5.26 Å². The Bertz CT molecular complexity index is 131. The lowest BCUT2D eigenvalue weighted by Gasteiger charge is -2.13. The molecule has 11 heavy (non-hydrogen) atoms. The van der Waals surface area contributed by atoms with Crippen LogP contribution in [0.3, 0.4) is 0 Å². The van der Waals surface area contributed by atoms with Crippen LogP contribution in [0.4, 0.5) is 0 Å². The van der Waals surface area contributed by atoms with Gasteiger partial charge in [0.05, 0.1) is 12.1 Å². The molecule has 2 unspecified atom stereocenters. The molecular formula is C8H16N2S. The van der Waals surface area contributed by atoms with Gasteiger partial charge in [-0.1, -0.05) is 0 Å². The first-order valence-electron chi connectivity index (χ1n) is 3.85. The Hall–Kier alpha value is -0.200. The second-order valence-electron chi connectivity index (χ2n) is 2.70. The van der Waals surface area contributed by atoms with Gasteiger partial charge in [-0.15, -0.1) is 0 Å². The molecule has 2 nitrogen and oxygen atoms in total. The summed E-state index contributed by atoms with van der Waals surface area (Å²) in [5.41, 5.74) is 0. The Balaban J connectivity index is 3.37. The second-order valence-corrected chi connectivity index (χ2v) is 3.69. The highest BCUT2D eigenvalue weighted by atomic mass is 32.2. The van der Waals surface area contributed by atoms with E-state index in [0.29, 0.717) is 6.04 Å². The maximum atomic E-state index is 8.49. The van der Waals surface area contributed by atoms with Gasteiger partial charge in [-0.2, -0.15) is 17.0 Å². The molecule has 0 amide bonds. The zero-order valence-corrected chi connectivity index (χ0v) is 8.24. The van der Waals surface area contributed by atoms with Crippen molar-refractivity contribution in [1.82, 2.24) is 5.32 Å². The number of thioether (sulfide) groups is 1. The van der Waals surface area contributed by atoms with Crippen molar-refractivity contribution in [3.8, 4) is 6.07 Å². The molecule has 0 bridgehead atoms. The first-order chi connectivity index (χ1) is 5.20. The molecule has 0 saturated heterocycles. The normalized spacial score (nSPS) is 15.5. The van der Waals surface area contributed by atoms with Gasteiger partial charge in [-0.05, 0) is 32.3 Å². The predicted octanol–water partition coefficient (Wildman–Crippen LogP) is 1.63. The zero-order chi connectivity index (χ0) is 8.69. The summed E-state index contributed by atoms with van der Waals surface area (Å²) in [7, 11) is 0. The molecule has 1 N–H and O–H groups in total. The molecular weight excluding hydrogens is 156 g/mol. The summed E-state index contributed by atoms with van der Waals surface area (Å²) in [6, 6.07) is 2.59. The lowest BCUT2D eigenvalue weighted by atomic mass is 10.2. The molecule has 0 aliphatic rings. The van der Waals surface area contributed by atoms with E-state index in [0.717, 1.165) is 12.2 Å². The van der Waals surface area contributed by atoms with Crippen LogP contribution in [-0.4, -0.2) is 24.1 Å². The predicted molar refractivity (Wildman–Crippen MR) is 50.7 cm³/mol. The Morgan fingerprint density at radius 3 is 2.64 bits per heavy atom. The highest BCUT2D eigenvalue weighted by Crippen LogP contribution is 2.00. The minimum absolute atomic E-state index is 0.0214. The second kappa shape index (κ2) is 6.51. The lowest BCUT2D eigenvalue weighted by Crippen LogP contribution is -2.33. The van der Waals surface area contributed by atoms with Crippen molar-refractivity contribution < 1.29 is 0 Å². The molecule has 0 aromatic rings. The minimum Gasteiger partial charge on any atom is -0.300 e. The van der Waals surface area contributed by atoms with Gasteiger partial charge in [0.15, 0.2) is 0 Å². The molecule has 0 saturated carbocycles. The van der Waals surface area contributed by atoms with Crippen LogP contribution in [0.25, 0.3) is 0 Å². The number of rotatable bonds is 5. The third kappa shape index (κ3) is 6.21. The summed E-state index contributed by atoms with van der Waals surface area (Å²) >= 11 is 1.84. The Kier molecular flexibility index (Phi) is 6.39. The molecule has 0 radical (unpaired) electrons. The molecule has 0 heterocycles. The van der Waals surface area contributed by atoms with E-state index < -0.39 is 0 Å². The Morgan fingerprint density at radius 2 is 2.18 bits per heavy atom. The van der Waals surface area contributed by atoms with Gasteiger partial charge in [0.25, 0.3) is 0 Å². The van der Waals surface area contributed by atoms with E-state index >= 15 is 0 Å². The van der Waals surface area contributed by atoms with Crippen LogP contribution in [0.5, 0.6) is 0 Å². The van der Waals surface area contributed by atoms with Gasteiger partial charge in [-0.3, -0.25) is 5.32 Å². The van der Waals surface area contributed by atoms with Crippen molar-refractivity contribution >= 4 is 11.8 Å². The van der Waals surface area contributed by atoms with Crippen molar-refractivity contribution in [3.05, 3.63) is 0 Å². The van der Waals surface area contributed by atoms with Crippen LogP contribution in [0.15, 0.2) is 0 Å². The van der Waals surface area contributed by atoms with Gasteiger partial charge < -0.3 is 0 Å². The zero-order valence-electron chi connectivity index (χ0n) is 7.42. The van der Waals surface area contributed by atoms with Gasteiger partial charge in [0, 0.05) is 6.04 Å². The maximum Gasteiger partial charge on any atom is 0.0926 e. The van der Waals surface area contributed by atoms with E-state index in [9.17, 15) is 0 Å². The summed E-state index contributed by atoms with van der Waals surface area (Å²) < 4.78 is 0. The van der Waals surface area contributed by atoms with Gasteiger partial charge in [0.1, 0.15) is 0 Å². The van der Waals surface area contributed by atoms with E-state index in [1.54, 1.807) is 0 Å². The first-order valence-corrected chi connectivity index (χ1v) is 5.24. The van der Waals surface area contributed by atoms with Gasteiger partial charge >= 0.3 is 0 Å². The molecule has 0 aliphatic heterocycles. The minimum atomic E-state index is -0.0214. The highest BCUT2D eigenvalue weighted by molar-refractivity contribution is 7.98. The summed E-state index contributed by atoms with van der Waals surface area (Å²) in [5.74, 6) is 1.16. The third-order valence-corrected chi connectivity index (χ3v) is 2.13. The van der Waals surface area contributed by atoms with Crippen LogP contribution in [0.1, 0.15) is 20.3 Å². The van der Waals surface area contributed by atoms with Crippen LogP contribution >= 0.6 is 11.8 Å². The molecule has 2 atom stereocenters. The standard InChI is InChI=1S/C8H16N2S/c1-7(4-5-11-3)10-8(2)6-9/h7-8,10H,4-5H2,1-3H3. The third-order valence-electron chi connectivity index (χ3n) is 1.48. The summed E-state index contributed by atoms with van der Waals surface area (Å²) in [6.45, 7) is 4.00. The lowest BCUT2D eigenvalue weighted by molar-refractivity contribution is 0.512. The molecule has 3 heteroatoms. The SMILES string of the molecule is CSCCC(C)NC(C)C#N. The topological polar surface area (TPSA) is 35.8 Å². The van der Waals surface area contributed by atoms with Crippen molar-refractivity contribution in [3.63, 3.8) is 0 Å². The molecule has 64 valence electrons. The quantitative estimate of drug-likeness (QED) is 0.684. The molecule has 0 aromatic heterocycles. The fourth-order valence-electron chi connectivity index (χ4n) is 0.842. The Labute approximate surface area is 73.4 Å². The molecule has 0 aromatic carbocycles. The average molecular weight is 172 g/mol. The number of hydrogen-bond donors (Lipinski definition) is 1. The van der Waals surface area contributed by atoms with Crippen molar-refractivity contribution in [2.75, 3.05) is 12.0 Å². The van der Waals surface area contributed by atoms with Crippen molar-refractivity contribution in [2.45, 2.75) is 32.4 Å². The summed E-state index contributed by atoms with van der Waals surface area (Å²) in [4.78, 5) is 0. The van der Waals surface area contributed by atoms with Gasteiger partial charge in [0.2, 0.25) is 0 Å². The van der Waals surface area contributed by atoms with E-state index in [1.165, 1.54) is 0 Å². The number of nitrogens with one attached hydrogen (secondary N) is 1. The van der Waals surface area contributed by atoms with E-state index in [-0.39, 0.29) is 6.04 Å². The van der Waals surface area contributed by atoms with Crippen molar-refractivity contribution in [1.29, 1.82) is 5.26 Å². The largest absolute Gasteiger partial charge is 0.300 e. The number of hydrogen-bond acceptors (Lipinski definition) is 3. The van der Waals surface area contributed by atoms with Gasteiger partial charge in [-0.25, -0.2) is 0 Å². The number of nitriles is 1. The molecule has 0 spiro atoms. The number of nitrogens with zero attached hydrogens (tertiary/aromatic N) is 1. The highest BCUT2D eigenvalue weighted by Gasteiger charge is 2.04. The average Bonchev–Trinajstić information content (AvgIpc) is 2.00. The molecule has 0 rings (SSSR count). The monoisotopic (exact) mass is 172 g/mol. The summed E-state index contributed by atoms with van der Waals surface area (Å²) in [6.07, 6.45) is 3.23. The van der Waals surface area contributed by atoms with Crippen LogP contribution in [-0.2, 0) is 0 Å². The van der Waals surface area contributed by atoms with Crippen LogP contribution in [0.2, 0.25) is 0 Å². The van der Waals surface area contributed by atoms with E-state index in [2.05, 4.69) is 24.6 Å². The molecule has 0 fully saturated rings. The first kappa shape index (κ1) is 10.8.